The second-order valence-electron chi connectivity index (χ2n) is 5.08. The molecule has 0 aliphatic heterocycles. The molecule has 5 nitrogen and oxygen atoms in total. The molecular weight excluding hydrogens is 296 g/mol. The van der Waals surface area contributed by atoms with Crippen LogP contribution in [0.3, 0.4) is 0 Å². The lowest BCUT2D eigenvalue weighted by Gasteiger charge is -2.16. The maximum absolute atomic E-state index is 12.4. The van der Waals surface area contributed by atoms with Crippen molar-refractivity contribution < 1.29 is 4.79 Å². The summed E-state index contributed by atoms with van der Waals surface area (Å²) in [5.41, 5.74) is 2.94. The summed E-state index contributed by atoms with van der Waals surface area (Å²) in [6, 6.07) is 9.66. The van der Waals surface area contributed by atoms with Gasteiger partial charge in [-0.3, -0.25) is 4.79 Å². The van der Waals surface area contributed by atoms with Gasteiger partial charge in [0, 0.05) is 19.2 Å². The molecule has 0 radical (unpaired) electrons. The van der Waals surface area contributed by atoms with Crippen molar-refractivity contribution in [3.05, 3.63) is 70.4 Å². The number of carbonyl (C=O) groups is 1. The van der Waals surface area contributed by atoms with E-state index in [9.17, 15) is 4.79 Å². The second kappa shape index (κ2) is 6.53. The van der Waals surface area contributed by atoms with E-state index in [0.717, 1.165) is 11.1 Å². The minimum Gasteiger partial charge on any atom is -0.337 e. The molecule has 1 aromatic carbocycles. The van der Waals surface area contributed by atoms with Gasteiger partial charge in [0.05, 0.1) is 6.54 Å². The molecule has 22 heavy (non-hydrogen) atoms. The fourth-order valence-electron chi connectivity index (χ4n) is 2.20. The van der Waals surface area contributed by atoms with Crippen molar-refractivity contribution in [1.29, 1.82) is 0 Å². The number of benzene rings is 1. The molecule has 0 bridgehead atoms. The van der Waals surface area contributed by atoms with Crippen LogP contribution in [0.4, 0.5) is 0 Å². The molecule has 0 spiro atoms. The van der Waals surface area contributed by atoms with Crippen molar-refractivity contribution in [2.45, 2.75) is 13.1 Å². The molecule has 0 saturated carbocycles. The van der Waals surface area contributed by atoms with Gasteiger partial charge in [-0.25, -0.2) is 9.67 Å². The van der Waals surface area contributed by atoms with Crippen LogP contribution in [0.15, 0.2) is 53.7 Å². The summed E-state index contributed by atoms with van der Waals surface area (Å²) in [5.74, 6) is 0.0264. The van der Waals surface area contributed by atoms with E-state index in [1.165, 1.54) is 6.33 Å². The Morgan fingerprint density at radius 1 is 1.23 bits per heavy atom. The molecule has 3 aromatic rings. The normalized spacial score (nSPS) is 10.6. The Morgan fingerprint density at radius 2 is 2.05 bits per heavy atom. The van der Waals surface area contributed by atoms with Crippen molar-refractivity contribution in [1.82, 2.24) is 19.7 Å². The van der Waals surface area contributed by atoms with Gasteiger partial charge in [0.15, 0.2) is 0 Å². The first kappa shape index (κ1) is 14.5. The van der Waals surface area contributed by atoms with Crippen LogP contribution in [0, 0.1) is 0 Å². The van der Waals surface area contributed by atoms with Gasteiger partial charge >= 0.3 is 0 Å². The summed E-state index contributed by atoms with van der Waals surface area (Å²) >= 11 is 1.64. The van der Waals surface area contributed by atoms with E-state index in [4.69, 9.17) is 0 Å². The van der Waals surface area contributed by atoms with E-state index in [1.807, 2.05) is 42.8 Å². The molecule has 6 heteroatoms. The predicted molar refractivity (Wildman–Crippen MR) is 85.7 cm³/mol. The molecule has 3 rings (SSSR count). The van der Waals surface area contributed by atoms with Crippen LogP contribution in [0.25, 0.3) is 0 Å². The van der Waals surface area contributed by atoms with Crippen molar-refractivity contribution in [2.75, 3.05) is 7.05 Å². The van der Waals surface area contributed by atoms with Gasteiger partial charge in [-0.2, -0.15) is 16.4 Å². The lowest BCUT2D eigenvalue weighted by Crippen LogP contribution is -2.25. The molecule has 2 aromatic heterocycles. The third kappa shape index (κ3) is 3.40. The van der Waals surface area contributed by atoms with E-state index < -0.39 is 0 Å². The largest absolute Gasteiger partial charge is 0.337 e. The van der Waals surface area contributed by atoms with Crippen LogP contribution >= 0.6 is 11.3 Å². The summed E-state index contributed by atoms with van der Waals surface area (Å²) in [7, 11) is 1.82. The number of amides is 1. The van der Waals surface area contributed by atoms with Crippen molar-refractivity contribution >= 4 is 17.2 Å². The highest BCUT2D eigenvalue weighted by Crippen LogP contribution is 2.12. The molecule has 0 N–H and O–H groups in total. The standard InChI is InChI=1S/C16H16N4OS/c1-19(8-14-6-7-22-10-14)16(21)15-4-2-13(3-5-15)9-20-12-17-11-18-20/h2-7,10-12H,8-9H2,1H3. The zero-order valence-electron chi connectivity index (χ0n) is 12.2. The minimum absolute atomic E-state index is 0.0264. The lowest BCUT2D eigenvalue weighted by atomic mass is 10.1. The highest BCUT2D eigenvalue weighted by atomic mass is 32.1. The summed E-state index contributed by atoms with van der Waals surface area (Å²) < 4.78 is 1.75. The minimum atomic E-state index is 0.0264. The Labute approximate surface area is 132 Å². The molecule has 0 fully saturated rings. The van der Waals surface area contributed by atoms with Crippen LogP contribution in [0.2, 0.25) is 0 Å². The fourth-order valence-corrected chi connectivity index (χ4v) is 2.86. The first-order valence-corrected chi connectivity index (χ1v) is 7.84. The maximum atomic E-state index is 12.4. The molecule has 112 valence electrons. The number of nitrogens with zero attached hydrogens (tertiary/aromatic N) is 4. The van der Waals surface area contributed by atoms with Crippen LogP contribution in [-0.2, 0) is 13.1 Å². The molecule has 0 saturated heterocycles. The first-order valence-electron chi connectivity index (χ1n) is 6.90. The third-order valence-electron chi connectivity index (χ3n) is 3.36. The predicted octanol–water partition coefficient (Wildman–Crippen LogP) is 2.66. The molecule has 0 aliphatic rings. The number of carbonyl (C=O) groups excluding carboxylic acids is 1. The average molecular weight is 312 g/mol. The van der Waals surface area contributed by atoms with Crippen LogP contribution in [0.5, 0.6) is 0 Å². The van der Waals surface area contributed by atoms with E-state index >= 15 is 0 Å². The van der Waals surface area contributed by atoms with Gasteiger partial charge in [0.25, 0.3) is 5.91 Å². The Hall–Kier alpha value is -2.47. The second-order valence-corrected chi connectivity index (χ2v) is 5.86. The van der Waals surface area contributed by atoms with Gasteiger partial charge in [-0.15, -0.1) is 0 Å². The monoisotopic (exact) mass is 312 g/mol. The molecule has 0 aliphatic carbocycles. The highest BCUT2D eigenvalue weighted by Gasteiger charge is 2.12. The number of hydrogen-bond acceptors (Lipinski definition) is 4. The fraction of sp³-hybridized carbons (Fsp3) is 0.188. The van der Waals surface area contributed by atoms with Crippen LogP contribution in [-0.4, -0.2) is 32.6 Å². The smallest absolute Gasteiger partial charge is 0.253 e. The summed E-state index contributed by atoms with van der Waals surface area (Å²) in [4.78, 5) is 18.0. The Morgan fingerprint density at radius 3 is 2.68 bits per heavy atom. The first-order chi connectivity index (χ1) is 10.7. The lowest BCUT2D eigenvalue weighted by molar-refractivity contribution is 0.0785. The van der Waals surface area contributed by atoms with E-state index in [2.05, 4.69) is 15.5 Å². The quantitative estimate of drug-likeness (QED) is 0.728. The van der Waals surface area contributed by atoms with Gasteiger partial charge in [-0.1, -0.05) is 12.1 Å². The highest BCUT2D eigenvalue weighted by molar-refractivity contribution is 7.07. The zero-order valence-corrected chi connectivity index (χ0v) is 13.0. The van der Waals surface area contributed by atoms with Gasteiger partial charge in [-0.05, 0) is 40.1 Å². The topological polar surface area (TPSA) is 51.0 Å². The summed E-state index contributed by atoms with van der Waals surface area (Å²) in [5, 5.41) is 8.15. The zero-order chi connectivity index (χ0) is 15.4. The van der Waals surface area contributed by atoms with E-state index in [-0.39, 0.29) is 5.91 Å². The molecule has 1 amide bonds. The molecule has 0 atom stereocenters. The van der Waals surface area contributed by atoms with Gasteiger partial charge in [0.1, 0.15) is 12.7 Å². The molecular formula is C16H16N4OS. The van der Waals surface area contributed by atoms with Crippen molar-refractivity contribution in [3.8, 4) is 0 Å². The van der Waals surface area contributed by atoms with Crippen LogP contribution < -0.4 is 0 Å². The Balaban J connectivity index is 1.65. The number of thiophene rings is 1. The van der Waals surface area contributed by atoms with Crippen molar-refractivity contribution in [3.63, 3.8) is 0 Å². The third-order valence-corrected chi connectivity index (χ3v) is 4.09. The Bertz CT molecular complexity index is 720. The average Bonchev–Trinajstić information content (AvgIpc) is 3.21. The summed E-state index contributed by atoms with van der Waals surface area (Å²) in [6.07, 6.45) is 3.19. The number of hydrogen-bond donors (Lipinski definition) is 0. The SMILES string of the molecule is CN(Cc1ccsc1)C(=O)c1ccc(Cn2cncn2)cc1. The molecule has 2 heterocycles. The van der Waals surface area contributed by atoms with E-state index in [1.54, 1.807) is 27.2 Å². The van der Waals surface area contributed by atoms with E-state index in [0.29, 0.717) is 18.7 Å². The Kier molecular flexibility index (Phi) is 4.29. The molecule has 0 unspecified atom stereocenters. The van der Waals surface area contributed by atoms with Crippen LogP contribution in [0.1, 0.15) is 21.5 Å². The maximum Gasteiger partial charge on any atom is 0.253 e. The summed E-state index contributed by atoms with van der Waals surface area (Å²) in [6.45, 7) is 1.28. The van der Waals surface area contributed by atoms with Gasteiger partial charge < -0.3 is 4.90 Å². The number of rotatable bonds is 5. The van der Waals surface area contributed by atoms with Crippen molar-refractivity contribution in [2.24, 2.45) is 0 Å². The van der Waals surface area contributed by atoms with Gasteiger partial charge in [0.2, 0.25) is 0 Å². The number of aromatic nitrogens is 3.